The SMILES string of the molecule is CC(=O)N1CCN(Cc2cccc(C)c2O)CC1. The van der Waals surface area contributed by atoms with Crippen LogP contribution >= 0.6 is 0 Å². The molecule has 0 bridgehead atoms. The highest BCUT2D eigenvalue weighted by Gasteiger charge is 2.19. The van der Waals surface area contributed by atoms with Crippen LogP contribution in [0.3, 0.4) is 0 Å². The molecule has 0 aromatic heterocycles. The van der Waals surface area contributed by atoms with Crippen LogP contribution in [0.25, 0.3) is 0 Å². The second kappa shape index (κ2) is 5.40. The maximum absolute atomic E-state index is 11.2. The summed E-state index contributed by atoms with van der Waals surface area (Å²) in [4.78, 5) is 15.4. The number of phenolic OH excluding ortho intramolecular Hbond substituents is 1. The number of phenols is 1. The molecule has 0 atom stereocenters. The van der Waals surface area contributed by atoms with Gasteiger partial charge in [0.25, 0.3) is 0 Å². The summed E-state index contributed by atoms with van der Waals surface area (Å²) in [5.41, 5.74) is 1.88. The van der Waals surface area contributed by atoms with E-state index in [1.807, 2.05) is 30.0 Å². The number of nitrogens with zero attached hydrogens (tertiary/aromatic N) is 2. The molecule has 1 aliphatic heterocycles. The van der Waals surface area contributed by atoms with E-state index < -0.39 is 0 Å². The fraction of sp³-hybridized carbons (Fsp3) is 0.500. The third-order valence-corrected chi connectivity index (χ3v) is 3.53. The highest BCUT2D eigenvalue weighted by atomic mass is 16.3. The molecular weight excluding hydrogens is 228 g/mol. The van der Waals surface area contributed by atoms with E-state index in [1.54, 1.807) is 6.92 Å². The van der Waals surface area contributed by atoms with Crippen LogP contribution in [0.15, 0.2) is 18.2 Å². The zero-order valence-electron chi connectivity index (χ0n) is 11.0. The molecule has 1 aliphatic rings. The van der Waals surface area contributed by atoms with Gasteiger partial charge in [0.05, 0.1) is 0 Å². The number of para-hydroxylation sites is 1. The highest BCUT2D eigenvalue weighted by molar-refractivity contribution is 5.73. The van der Waals surface area contributed by atoms with Crippen LogP contribution in [0.5, 0.6) is 5.75 Å². The van der Waals surface area contributed by atoms with E-state index in [-0.39, 0.29) is 5.91 Å². The minimum atomic E-state index is 0.146. The predicted octanol–water partition coefficient (Wildman–Crippen LogP) is 1.36. The molecule has 4 heteroatoms. The van der Waals surface area contributed by atoms with E-state index in [1.165, 1.54) is 0 Å². The summed E-state index contributed by atoms with van der Waals surface area (Å²) in [6.07, 6.45) is 0. The molecule has 0 aliphatic carbocycles. The Kier molecular flexibility index (Phi) is 3.87. The Morgan fingerprint density at radius 1 is 1.28 bits per heavy atom. The average molecular weight is 248 g/mol. The van der Waals surface area contributed by atoms with Crippen molar-refractivity contribution in [2.75, 3.05) is 26.2 Å². The van der Waals surface area contributed by atoms with Crippen LogP contribution < -0.4 is 0 Å². The van der Waals surface area contributed by atoms with Gasteiger partial charge in [-0.25, -0.2) is 0 Å². The van der Waals surface area contributed by atoms with Crippen molar-refractivity contribution in [1.82, 2.24) is 9.80 Å². The molecule has 1 saturated heterocycles. The number of amides is 1. The van der Waals surface area contributed by atoms with Gasteiger partial charge in [-0.2, -0.15) is 0 Å². The number of aromatic hydroxyl groups is 1. The second-order valence-corrected chi connectivity index (χ2v) is 4.86. The molecule has 1 heterocycles. The Bertz CT molecular complexity index is 437. The molecule has 0 saturated carbocycles. The standard InChI is InChI=1S/C14H20N2O2/c1-11-4-3-5-13(14(11)18)10-15-6-8-16(9-7-15)12(2)17/h3-5,18H,6-10H2,1-2H3. The van der Waals surface area contributed by atoms with Gasteiger partial charge in [0.1, 0.15) is 5.75 Å². The van der Waals surface area contributed by atoms with Crippen LogP contribution in [0, 0.1) is 6.92 Å². The second-order valence-electron chi connectivity index (χ2n) is 4.86. The Balaban J connectivity index is 1.96. The first-order valence-corrected chi connectivity index (χ1v) is 6.33. The molecule has 2 rings (SSSR count). The van der Waals surface area contributed by atoms with Gasteiger partial charge in [-0.15, -0.1) is 0 Å². The monoisotopic (exact) mass is 248 g/mol. The quantitative estimate of drug-likeness (QED) is 0.859. The predicted molar refractivity (Wildman–Crippen MR) is 70.4 cm³/mol. The fourth-order valence-corrected chi connectivity index (χ4v) is 2.31. The van der Waals surface area contributed by atoms with Gasteiger partial charge in [-0.3, -0.25) is 9.69 Å². The summed E-state index contributed by atoms with van der Waals surface area (Å²) in [5.74, 6) is 0.541. The molecule has 0 radical (unpaired) electrons. The number of rotatable bonds is 2. The molecule has 1 aromatic carbocycles. The summed E-state index contributed by atoms with van der Waals surface area (Å²) in [6, 6.07) is 5.84. The lowest BCUT2D eigenvalue weighted by atomic mass is 10.1. The van der Waals surface area contributed by atoms with Crippen molar-refractivity contribution in [3.63, 3.8) is 0 Å². The van der Waals surface area contributed by atoms with Crippen LogP contribution in [-0.2, 0) is 11.3 Å². The molecule has 1 N–H and O–H groups in total. The zero-order valence-corrected chi connectivity index (χ0v) is 11.0. The summed E-state index contributed by atoms with van der Waals surface area (Å²) < 4.78 is 0. The van der Waals surface area contributed by atoms with Crippen molar-refractivity contribution in [2.45, 2.75) is 20.4 Å². The number of aryl methyl sites for hydroxylation is 1. The molecule has 1 amide bonds. The number of benzene rings is 1. The lowest BCUT2D eigenvalue weighted by molar-refractivity contribution is -0.130. The first kappa shape index (κ1) is 12.9. The highest BCUT2D eigenvalue weighted by Crippen LogP contribution is 2.23. The molecular formula is C14H20N2O2. The minimum Gasteiger partial charge on any atom is -0.507 e. The topological polar surface area (TPSA) is 43.8 Å². The number of hydrogen-bond donors (Lipinski definition) is 1. The van der Waals surface area contributed by atoms with Crippen molar-refractivity contribution >= 4 is 5.91 Å². The smallest absolute Gasteiger partial charge is 0.219 e. The molecule has 98 valence electrons. The summed E-state index contributed by atoms with van der Waals surface area (Å²) in [6.45, 7) is 7.57. The Morgan fingerprint density at radius 2 is 1.94 bits per heavy atom. The van der Waals surface area contributed by atoms with E-state index in [4.69, 9.17) is 0 Å². The summed E-state index contributed by atoms with van der Waals surface area (Å²) in [7, 11) is 0. The number of hydrogen-bond acceptors (Lipinski definition) is 3. The number of piperazine rings is 1. The van der Waals surface area contributed by atoms with Gasteiger partial charge in [-0.1, -0.05) is 18.2 Å². The van der Waals surface area contributed by atoms with E-state index in [0.717, 1.165) is 43.9 Å². The van der Waals surface area contributed by atoms with Gasteiger partial charge < -0.3 is 10.0 Å². The van der Waals surface area contributed by atoms with Crippen molar-refractivity contribution in [1.29, 1.82) is 0 Å². The molecule has 1 fully saturated rings. The Morgan fingerprint density at radius 3 is 2.56 bits per heavy atom. The lowest BCUT2D eigenvalue weighted by Gasteiger charge is -2.34. The molecule has 18 heavy (non-hydrogen) atoms. The van der Waals surface area contributed by atoms with Crippen molar-refractivity contribution in [2.24, 2.45) is 0 Å². The van der Waals surface area contributed by atoms with Crippen LogP contribution in [0.2, 0.25) is 0 Å². The molecule has 0 unspecified atom stereocenters. The third-order valence-electron chi connectivity index (χ3n) is 3.53. The summed E-state index contributed by atoms with van der Waals surface area (Å²) >= 11 is 0. The van der Waals surface area contributed by atoms with Gasteiger partial charge in [0.15, 0.2) is 0 Å². The van der Waals surface area contributed by atoms with Gasteiger partial charge in [0.2, 0.25) is 5.91 Å². The fourth-order valence-electron chi connectivity index (χ4n) is 2.31. The van der Waals surface area contributed by atoms with E-state index >= 15 is 0 Å². The summed E-state index contributed by atoms with van der Waals surface area (Å²) in [5, 5.41) is 9.98. The van der Waals surface area contributed by atoms with Crippen molar-refractivity contribution in [3.05, 3.63) is 29.3 Å². The van der Waals surface area contributed by atoms with E-state index in [0.29, 0.717) is 5.75 Å². The van der Waals surface area contributed by atoms with Crippen LogP contribution in [0.1, 0.15) is 18.1 Å². The van der Waals surface area contributed by atoms with E-state index in [2.05, 4.69) is 4.90 Å². The van der Waals surface area contributed by atoms with E-state index in [9.17, 15) is 9.90 Å². The number of carbonyl (C=O) groups is 1. The Hall–Kier alpha value is -1.55. The molecule has 4 nitrogen and oxygen atoms in total. The van der Waals surface area contributed by atoms with Gasteiger partial charge >= 0.3 is 0 Å². The third kappa shape index (κ3) is 2.82. The maximum Gasteiger partial charge on any atom is 0.219 e. The first-order valence-electron chi connectivity index (χ1n) is 6.33. The van der Waals surface area contributed by atoms with Gasteiger partial charge in [-0.05, 0) is 12.5 Å². The minimum absolute atomic E-state index is 0.146. The van der Waals surface area contributed by atoms with Gasteiger partial charge in [0, 0.05) is 45.2 Å². The maximum atomic E-state index is 11.2. The Labute approximate surface area is 108 Å². The molecule has 1 aromatic rings. The zero-order chi connectivity index (χ0) is 13.1. The van der Waals surface area contributed by atoms with Crippen LogP contribution in [0.4, 0.5) is 0 Å². The lowest BCUT2D eigenvalue weighted by Crippen LogP contribution is -2.47. The number of carbonyl (C=O) groups excluding carboxylic acids is 1. The first-order chi connectivity index (χ1) is 8.58. The average Bonchev–Trinajstić information content (AvgIpc) is 2.36. The largest absolute Gasteiger partial charge is 0.507 e. The van der Waals surface area contributed by atoms with Crippen molar-refractivity contribution in [3.8, 4) is 5.75 Å². The molecule has 0 spiro atoms. The van der Waals surface area contributed by atoms with Crippen molar-refractivity contribution < 1.29 is 9.90 Å². The normalized spacial score (nSPS) is 16.9. The van der Waals surface area contributed by atoms with Crippen LogP contribution in [-0.4, -0.2) is 47.0 Å².